The van der Waals surface area contributed by atoms with Crippen molar-refractivity contribution in [2.45, 2.75) is 39.2 Å². The van der Waals surface area contributed by atoms with Crippen molar-refractivity contribution in [3.05, 3.63) is 59.7 Å². The monoisotopic (exact) mass is 408 g/mol. The minimum absolute atomic E-state index is 0.0724. The summed E-state index contributed by atoms with van der Waals surface area (Å²) < 4.78 is 5.65. The molecule has 0 unspecified atom stereocenters. The van der Waals surface area contributed by atoms with Crippen molar-refractivity contribution in [2.75, 3.05) is 23.8 Å². The molecule has 2 aromatic rings. The molecule has 0 spiro atoms. The summed E-state index contributed by atoms with van der Waals surface area (Å²) in [7, 11) is 0. The minimum Gasteiger partial charge on any atom is -0.376 e. The largest absolute Gasteiger partial charge is 0.376 e. The van der Waals surface area contributed by atoms with Gasteiger partial charge in [-0.05, 0) is 49.1 Å². The van der Waals surface area contributed by atoms with Crippen LogP contribution in [0.25, 0.3) is 0 Å². The fourth-order valence-electron chi connectivity index (χ4n) is 3.29. The van der Waals surface area contributed by atoms with Crippen LogP contribution in [0.5, 0.6) is 0 Å². The van der Waals surface area contributed by atoms with Crippen LogP contribution >= 0.6 is 0 Å². The van der Waals surface area contributed by atoms with Gasteiger partial charge in [-0.15, -0.1) is 0 Å². The molecular weight excluding hydrogens is 380 g/mol. The maximum atomic E-state index is 12.9. The lowest BCUT2D eigenvalue weighted by Gasteiger charge is -2.15. The summed E-state index contributed by atoms with van der Waals surface area (Å²) >= 11 is 0. The summed E-state index contributed by atoms with van der Waals surface area (Å²) in [5.41, 5.74) is 3.02. The highest BCUT2D eigenvalue weighted by atomic mass is 16.5. The van der Waals surface area contributed by atoms with Crippen molar-refractivity contribution in [2.24, 2.45) is 4.99 Å². The zero-order valence-electron chi connectivity index (χ0n) is 17.4. The Morgan fingerprint density at radius 1 is 1.13 bits per heavy atom. The second-order valence-electron chi connectivity index (χ2n) is 7.18. The van der Waals surface area contributed by atoms with E-state index in [1.807, 2.05) is 24.3 Å². The normalized spacial score (nSPS) is 16.2. The minimum atomic E-state index is -0.310. The van der Waals surface area contributed by atoms with Gasteiger partial charge in [0.25, 0.3) is 5.91 Å². The molecule has 0 radical (unpaired) electrons. The van der Waals surface area contributed by atoms with E-state index in [1.165, 1.54) is 6.92 Å². The molecule has 1 heterocycles. The molecule has 0 saturated carbocycles. The lowest BCUT2D eigenvalue weighted by molar-refractivity contribution is -0.114. The number of hydrogen-bond donors (Lipinski definition) is 3. The van der Waals surface area contributed by atoms with E-state index in [9.17, 15) is 9.59 Å². The van der Waals surface area contributed by atoms with Crippen LogP contribution < -0.4 is 16.0 Å². The fourth-order valence-corrected chi connectivity index (χ4v) is 3.29. The number of guanidine groups is 1. The molecule has 2 amide bonds. The first-order valence-corrected chi connectivity index (χ1v) is 10.2. The van der Waals surface area contributed by atoms with Crippen molar-refractivity contribution in [3.8, 4) is 0 Å². The number of carbonyl (C=O) groups is 2. The Labute approximate surface area is 176 Å². The van der Waals surface area contributed by atoms with Crippen LogP contribution in [0.2, 0.25) is 0 Å². The summed E-state index contributed by atoms with van der Waals surface area (Å²) in [6.45, 7) is 4.74. The third kappa shape index (κ3) is 6.15. The highest BCUT2D eigenvalue weighted by molar-refractivity contribution is 6.10. The molecule has 2 aromatic carbocycles. The van der Waals surface area contributed by atoms with E-state index in [0.29, 0.717) is 23.8 Å². The van der Waals surface area contributed by atoms with Crippen molar-refractivity contribution < 1.29 is 14.3 Å². The standard InChI is InChI=1S/C23H28N4O3/c1-3-17-8-4-5-12-21(17)26-23(24-15-20-11-7-13-30-20)27-22(29)18-9-6-10-19(14-18)25-16(2)28/h4-6,8-10,12,14,20H,3,7,11,13,15H2,1-2H3,(H,25,28)(H2,24,26,27,29)/t20-/m0/s1. The van der Waals surface area contributed by atoms with E-state index >= 15 is 0 Å². The molecule has 0 aliphatic carbocycles. The van der Waals surface area contributed by atoms with Gasteiger partial charge in [0.15, 0.2) is 0 Å². The first-order valence-electron chi connectivity index (χ1n) is 10.2. The van der Waals surface area contributed by atoms with Crippen LogP contribution in [0.4, 0.5) is 11.4 Å². The number of aliphatic imine (C=N–C) groups is 1. The molecule has 3 rings (SSSR count). The molecule has 1 saturated heterocycles. The van der Waals surface area contributed by atoms with Gasteiger partial charge >= 0.3 is 0 Å². The van der Waals surface area contributed by atoms with Gasteiger partial charge in [-0.25, -0.2) is 4.99 Å². The van der Waals surface area contributed by atoms with Gasteiger partial charge in [0.05, 0.1) is 12.6 Å². The number of hydrogen-bond acceptors (Lipinski definition) is 4. The lowest BCUT2D eigenvalue weighted by atomic mass is 10.1. The molecular formula is C23H28N4O3. The van der Waals surface area contributed by atoms with Gasteiger partial charge in [-0.1, -0.05) is 31.2 Å². The first-order chi connectivity index (χ1) is 14.5. The van der Waals surface area contributed by atoms with E-state index in [-0.39, 0.29) is 17.9 Å². The Balaban J connectivity index is 1.78. The summed E-state index contributed by atoms with van der Waals surface area (Å²) in [6, 6.07) is 14.7. The Morgan fingerprint density at radius 2 is 1.97 bits per heavy atom. The highest BCUT2D eigenvalue weighted by Crippen LogP contribution is 2.16. The Bertz CT molecular complexity index is 920. The predicted molar refractivity (Wildman–Crippen MR) is 119 cm³/mol. The van der Waals surface area contributed by atoms with Gasteiger partial charge in [0, 0.05) is 30.5 Å². The average Bonchev–Trinajstić information content (AvgIpc) is 3.26. The molecule has 7 heteroatoms. The third-order valence-corrected chi connectivity index (χ3v) is 4.81. The Hall–Kier alpha value is -3.19. The number of benzene rings is 2. The second kappa shape index (κ2) is 10.5. The van der Waals surface area contributed by atoms with E-state index in [1.54, 1.807) is 24.3 Å². The summed E-state index contributed by atoms with van der Waals surface area (Å²) in [6.07, 6.45) is 2.93. The van der Waals surface area contributed by atoms with E-state index in [2.05, 4.69) is 27.9 Å². The molecule has 1 aliphatic rings. The van der Waals surface area contributed by atoms with Crippen molar-refractivity contribution in [3.63, 3.8) is 0 Å². The Morgan fingerprint density at radius 3 is 2.70 bits per heavy atom. The van der Waals surface area contributed by atoms with E-state index < -0.39 is 0 Å². The van der Waals surface area contributed by atoms with Crippen molar-refractivity contribution in [1.82, 2.24) is 5.32 Å². The molecule has 1 fully saturated rings. The summed E-state index contributed by atoms with van der Waals surface area (Å²) in [4.78, 5) is 28.7. The van der Waals surface area contributed by atoms with E-state index in [4.69, 9.17) is 4.74 Å². The number of amides is 2. The van der Waals surface area contributed by atoms with Crippen LogP contribution in [-0.2, 0) is 16.0 Å². The number of anilines is 2. The highest BCUT2D eigenvalue weighted by Gasteiger charge is 2.16. The summed E-state index contributed by atoms with van der Waals surface area (Å²) in [5, 5.41) is 8.82. The smallest absolute Gasteiger partial charge is 0.258 e. The third-order valence-electron chi connectivity index (χ3n) is 4.81. The maximum absolute atomic E-state index is 12.9. The lowest BCUT2D eigenvalue weighted by Crippen LogP contribution is -2.37. The molecule has 7 nitrogen and oxygen atoms in total. The number of carbonyl (C=O) groups excluding carboxylic acids is 2. The fraction of sp³-hybridized carbons (Fsp3) is 0.348. The molecule has 1 atom stereocenters. The number of rotatable bonds is 6. The molecule has 158 valence electrons. The molecule has 0 bridgehead atoms. The molecule has 3 N–H and O–H groups in total. The number of nitrogens with one attached hydrogen (secondary N) is 3. The van der Waals surface area contributed by atoms with E-state index in [0.717, 1.165) is 37.1 Å². The molecule has 30 heavy (non-hydrogen) atoms. The van der Waals surface area contributed by atoms with Crippen LogP contribution in [0.3, 0.4) is 0 Å². The topological polar surface area (TPSA) is 91.8 Å². The van der Waals surface area contributed by atoms with Crippen LogP contribution in [0.15, 0.2) is 53.5 Å². The van der Waals surface area contributed by atoms with Gasteiger partial charge in [0.2, 0.25) is 11.9 Å². The average molecular weight is 409 g/mol. The van der Waals surface area contributed by atoms with Gasteiger partial charge in [-0.3, -0.25) is 14.9 Å². The van der Waals surface area contributed by atoms with Gasteiger partial charge in [0.1, 0.15) is 0 Å². The maximum Gasteiger partial charge on any atom is 0.258 e. The second-order valence-corrected chi connectivity index (χ2v) is 7.18. The van der Waals surface area contributed by atoms with Crippen molar-refractivity contribution in [1.29, 1.82) is 0 Å². The van der Waals surface area contributed by atoms with Crippen molar-refractivity contribution >= 4 is 29.1 Å². The SMILES string of the molecule is CCc1ccccc1NC(=NC[C@@H]1CCCO1)NC(=O)c1cccc(NC(C)=O)c1. The zero-order valence-corrected chi connectivity index (χ0v) is 17.4. The van der Waals surface area contributed by atoms with Gasteiger partial charge in [-0.2, -0.15) is 0 Å². The zero-order chi connectivity index (χ0) is 21.3. The number of para-hydroxylation sites is 1. The quantitative estimate of drug-likeness (QED) is 0.503. The predicted octanol–water partition coefficient (Wildman–Crippen LogP) is 3.58. The number of aryl methyl sites for hydroxylation is 1. The van der Waals surface area contributed by atoms with Crippen LogP contribution in [0.1, 0.15) is 42.6 Å². The summed E-state index contributed by atoms with van der Waals surface area (Å²) in [5.74, 6) is -0.125. The first kappa shape index (κ1) is 21.5. The Kier molecular flexibility index (Phi) is 7.57. The van der Waals surface area contributed by atoms with Crippen LogP contribution in [0, 0.1) is 0 Å². The molecule has 1 aliphatic heterocycles. The van der Waals surface area contributed by atoms with Gasteiger partial charge < -0.3 is 15.4 Å². The number of nitrogens with zero attached hydrogens (tertiary/aromatic N) is 1. The molecule has 0 aromatic heterocycles. The van der Waals surface area contributed by atoms with Crippen LogP contribution in [-0.4, -0.2) is 37.0 Å². The number of ether oxygens (including phenoxy) is 1.